The summed E-state index contributed by atoms with van der Waals surface area (Å²) < 4.78 is 2.27. The van der Waals surface area contributed by atoms with Crippen molar-refractivity contribution in [3.63, 3.8) is 0 Å². The van der Waals surface area contributed by atoms with Crippen molar-refractivity contribution in [1.29, 1.82) is 0 Å². The van der Waals surface area contributed by atoms with Crippen LogP contribution in [-0.2, 0) is 0 Å². The van der Waals surface area contributed by atoms with Gasteiger partial charge in [0.05, 0.1) is 0 Å². The third-order valence-electron chi connectivity index (χ3n) is 9.80. The van der Waals surface area contributed by atoms with Crippen LogP contribution in [0.4, 0.5) is 17.1 Å². The molecule has 51 heavy (non-hydrogen) atoms. The highest BCUT2D eigenvalue weighted by atomic mass is 15.1. The largest absolute Gasteiger partial charge is 0.355 e. The minimum Gasteiger partial charge on any atom is -0.355 e. The topological polar surface area (TPSA) is 22.9 Å². The van der Waals surface area contributed by atoms with Crippen molar-refractivity contribution in [2.45, 2.75) is 6.04 Å². The van der Waals surface area contributed by atoms with Crippen molar-refractivity contribution in [2.75, 3.05) is 4.90 Å². The van der Waals surface area contributed by atoms with E-state index in [9.17, 15) is 0 Å². The van der Waals surface area contributed by atoms with Crippen LogP contribution >= 0.6 is 0 Å². The van der Waals surface area contributed by atoms with Crippen LogP contribution in [-0.4, -0.2) is 4.98 Å². The molecular weight excluding hydrogens is 619 g/mol. The average molecular weight is 655 g/mol. The summed E-state index contributed by atoms with van der Waals surface area (Å²) in [5.74, 6) is 0. The van der Waals surface area contributed by atoms with Crippen molar-refractivity contribution < 1.29 is 4.57 Å². The first-order valence-electron chi connectivity index (χ1n) is 17.5. The smallest absolute Gasteiger partial charge is 0.208 e. The molecule has 2 heterocycles. The minimum absolute atomic E-state index is 0.102. The summed E-state index contributed by atoms with van der Waals surface area (Å²) in [5, 5.41) is 2.45. The van der Waals surface area contributed by atoms with Gasteiger partial charge in [-0.25, -0.2) is 0 Å². The normalized spacial score (nSPS) is 11.8. The lowest BCUT2D eigenvalue weighted by atomic mass is 9.95. The predicted molar refractivity (Wildman–Crippen MR) is 212 cm³/mol. The summed E-state index contributed by atoms with van der Waals surface area (Å²) in [7, 11) is 0. The van der Waals surface area contributed by atoms with Gasteiger partial charge in [-0.05, 0) is 82.9 Å². The van der Waals surface area contributed by atoms with Crippen molar-refractivity contribution in [1.82, 2.24) is 4.98 Å². The molecule has 3 nitrogen and oxygen atoms in total. The van der Waals surface area contributed by atoms with E-state index in [0.717, 1.165) is 28.1 Å². The van der Waals surface area contributed by atoms with Gasteiger partial charge in [0.1, 0.15) is 0 Å². The standard InChI is InChI=1S/C48H36N3/c1-5-13-37(14-6-1)48(50-31-11-4-12-32-50)38-21-19-35(20-22-38)39-25-29-46-44(33-39)45-34-40(26-30-47(45)49-46)36-23-27-43(28-24-36)51(41-15-7-2-8-16-41)42-17-9-3-10-18-42/h1-34,48-49H/q+1. The summed E-state index contributed by atoms with van der Waals surface area (Å²) in [6.45, 7) is 0. The molecule has 0 saturated carbocycles. The SMILES string of the molecule is c1ccc(C(c2ccc(-c3ccc4[nH]c5ccc(-c6ccc(N(c7ccccc7)c7ccccc7)cc6)cc5c4c3)cc2)[n+]2ccccc2)cc1. The van der Waals surface area contributed by atoms with Crippen LogP contribution < -0.4 is 9.47 Å². The van der Waals surface area contributed by atoms with E-state index in [1.165, 1.54) is 44.2 Å². The second-order valence-corrected chi connectivity index (χ2v) is 13.0. The average Bonchev–Trinajstić information content (AvgIpc) is 3.58. The summed E-state index contributed by atoms with van der Waals surface area (Å²) >= 11 is 0. The van der Waals surface area contributed by atoms with E-state index in [1.54, 1.807) is 0 Å². The first kappa shape index (κ1) is 30.4. The maximum atomic E-state index is 3.65. The Kier molecular flexibility index (Phi) is 7.92. The number of fused-ring (bicyclic) bond motifs is 3. The van der Waals surface area contributed by atoms with E-state index in [4.69, 9.17) is 0 Å². The number of H-pyrrole nitrogens is 1. The third kappa shape index (κ3) is 5.96. The van der Waals surface area contributed by atoms with Crippen LogP contribution in [0.5, 0.6) is 0 Å². The Balaban J connectivity index is 1.04. The number of hydrogen-bond donors (Lipinski definition) is 1. The van der Waals surface area contributed by atoms with Crippen LogP contribution in [0.3, 0.4) is 0 Å². The molecule has 1 unspecified atom stereocenters. The Bertz CT molecular complexity index is 2280. The molecule has 0 radical (unpaired) electrons. The molecule has 0 aliphatic rings. The molecule has 2 aromatic heterocycles. The fourth-order valence-corrected chi connectivity index (χ4v) is 7.27. The fourth-order valence-electron chi connectivity index (χ4n) is 7.27. The zero-order chi connectivity index (χ0) is 34.0. The monoisotopic (exact) mass is 654 g/mol. The van der Waals surface area contributed by atoms with E-state index < -0.39 is 0 Å². The molecule has 0 spiro atoms. The Hall–Kier alpha value is -6.71. The van der Waals surface area contributed by atoms with E-state index in [2.05, 4.69) is 221 Å². The Morgan fingerprint density at radius 2 is 0.784 bits per heavy atom. The van der Waals surface area contributed by atoms with Crippen LogP contribution in [0, 0.1) is 0 Å². The van der Waals surface area contributed by atoms with Crippen LogP contribution in [0.1, 0.15) is 17.2 Å². The quantitative estimate of drug-likeness (QED) is 0.162. The Labute approximate surface area is 298 Å². The number of anilines is 3. The van der Waals surface area contributed by atoms with E-state index in [-0.39, 0.29) is 6.04 Å². The van der Waals surface area contributed by atoms with Gasteiger partial charge in [-0.1, -0.05) is 121 Å². The second kappa shape index (κ2) is 13.3. The van der Waals surface area contributed by atoms with Gasteiger partial charge in [-0.3, -0.25) is 0 Å². The first-order chi connectivity index (χ1) is 25.3. The number of rotatable bonds is 8. The lowest BCUT2D eigenvalue weighted by Gasteiger charge is -2.25. The Morgan fingerprint density at radius 3 is 1.31 bits per heavy atom. The number of nitrogens with zero attached hydrogens (tertiary/aromatic N) is 2. The van der Waals surface area contributed by atoms with Gasteiger partial charge in [0.15, 0.2) is 12.4 Å². The maximum Gasteiger partial charge on any atom is 0.208 e. The number of aromatic amines is 1. The number of para-hydroxylation sites is 2. The summed E-state index contributed by atoms with van der Waals surface area (Å²) in [5.41, 5.74) is 13.0. The highest BCUT2D eigenvalue weighted by Crippen LogP contribution is 2.37. The number of aromatic nitrogens is 2. The first-order valence-corrected chi connectivity index (χ1v) is 17.5. The molecule has 9 aromatic rings. The van der Waals surface area contributed by atoms with Gasteiger partial charge in [0.25, 0.3) is 0 Å². The zero-order valence-corrected chi connectivity index (χ0v) is 28.1. The highest BCUT2D eigenvalue weighted by molar-refractivity contribution is 6.09. The van der Waals surface area contributed by atoms with Crippen LogP contribution in [0.2, 0.25) is 0 Å². The van der Waals surface area contributed by atoms with E-state index in [1.807, 2.05) is 0 Å². The van der Waals surface area contributed by atoms with Crippen LogP contribution in [0.15, 0.2) is 207 Å². The van der Waals surface area contributed by atoms with Crippen molar-refractivity contribution >= 4 is 38.9 Å². The maximum absolute atomic E-state index is 3.65. The molecule has 242 valence electrons. The van der Waals surface area contributed by atoms with Crippen LogP contribution in [0.25, 0.3) is 44.1 Å². The third-order valence-corrected chi connectivity index (χ3v) is 9.80. The second-order valence-electron chi connectivity index (χ2n) is 13.0. The fraction of sp³-hybridized carbons (Fsp3) is 0.0208. The molecular formula is C48H36N3+. The lowest BCUT2D eigenvalue weighted by Crippen LogP contribution is -2.39. The molecule has 0 saturated heterocycles. The predicted octanol–water partition coefficient (Wildman–Crippen LogP) is 12.1. The van der Waals surface area contributed by atoms with E-state index in [0.29, 0.717) is 0 Å². The number of hydrogen-bond acceptors (Lipinski definition) is 1. The molecule has 1 N–H and O–H groups in total. The molecule has 7 aromatic carbocycles. The van der Waals surface area contributed by atoms with E-state index >= 15 is 0 Å². The molecule has 1 atom stereocenters. The molecule has 0 bridgehead atoms. The van der Waals surface area contributed by atoms with Gasteiger partial charge in [0, 0.05) is 62.1 Å². The molecule has 9 rings (SSSR count). The van der Waals surface area contributed by atoms with Gasteiger partial charge in [0.2, 0.25) is 6.04 Å². The highest BCUT2D eigenvalue weighted by Gasteiger charge is 2.23. The summed E-state index contributed by atoms with van der Waals surface area (Å²) in [6.07, 6.45) is 4.28. The number of pyridine rings is 1. The van der Waals surface area contributed by atoms with Crippen molar-refractivity contribution in [3.05, 3.63) is 218 Å². The lowest BCUT2D eigenvalue weighted by molar-refractivity contribution is -0.704. The van der Waals surface area contributed by atoms with Gasteiger partial charge >= 0.3 is 0 Å². The summed E-state index contributed by atoms with van der Waals surface area (Å²) in [6, 6.07) is 69.6. The molecule has 0 aliphatic carbocycles. The number of benzene rings is 7. The molecule has 0 fully saturated rings. The van der Waals surface area contributed by atoms with Crippen molar-refractivity contribution in [2.24, 2.45) is 0 Å². The zero-order valence-electron chi connectivity index (χ0n) is 28.1. The minimum atomic E-state index is 0.102. The number of nitrogens with one attached hydrogen (secondary N) is 1. The molecule has 3 heteroatoms. The Morgan fingerprint density at radius 1 is 0.373 bits per heavy atom. The van der Waals surface area contributed by atoms with Gasteiger partial charge < -0.3 is 9.88 Å². The summed E-state index contributed by atoms with van der Waals surface area (Å²) in [4.78, 5) is 5.94. The molecule has 0 aliphatic heterocycles. The van der Waals surface area contributed by atoms with Crippen molar-refractivity contribution in [3.8, 4) is 22.3 Å². The van der Waals surface area contributed by atoms with Gasteiger partial charge in [-0.15, -0.1) is 0 Å². The van der Waals surface area contributed by atoms with Gasteiger partial charge in [-0.2, -0.15) is 4.57 Å². The molecule has 0 amide bonds.